The van der Waals surface area contributed by atoms with Crippen LogP contribution in [0.2, 0.25) is 0 Å². The van der Waals surface area contributed by atoms with Gasteiger partial charge in [0.2, 0.25) is 0 Å². The topological polar surface area (TPSA) is 66.1 Å². The highest BCUT2D eigenvalue weighted by atomic mass is 19.1. The molecule has 0 N–H and O–H groups in total. The van der Waals surface area contributed by atoms with Gasteiger partial charge in [-0.3, -0.25) is 4.98 Å². The first kappa shape index (κ1) is 13.1. The van der Waals surface area contributed by atoms with Gasteiger partial charge >= 0.3 is 0 Å². The van der Waals surface area contributed by atoms with Crippen molar-refractivity contribution in [2.45, 2.75) is 6.42 Å². The Balaban J connectivity index is 2.20. The monoisotopic (exact) mass is 281 g/mol. The highest BCUT2D eigenvalue weighted by Crippen LogP contribution is 2.27. The van der Waals surface area contributed by atoms with E-state index in [0.717, 1.165) is 17.0 Å². The molecule has 0 atom stereocenters. The van der Waals surface area contributed by atoms with Gasteiger partial charge in [-0.05, 0) is 47.8 Å². The fourth-order valence-electron chi connectivity index (χ4n) is 2.41. The first-order chi connectivity index (χ1) is 10.3. The molecule has 6 heteroatoms. The van der Waals surface area contributed by atoms with Crippen molar-refractivity contribution >= 4 is 5.52 Å². The summed E-state index contributed by atoms with van der Waals surface area (Å²) in [5.41, 5.74) is 11.4. The Hall–Kier alpha value is -2.85. The van der Waals surface area contributed by atoms with Crippen LogP contribution in [0.5, 0.6) is 0 Å². The van der Waals surface area contributed by atoms with Crippen LogP contribution in [-0.2, 0) is 6.42 Å². The third-order valence-electron chi connectivity index (χ3n) is 3.29. The van der Waals surface area contributed by atoms with Crippen LogP contribution in [0.3, 0.4) is 0 Å². The Morgan fingerprint density at radius 3 is 2.95 bits per heavy atom. The number of azide groups is 1. The SMILES string of the molecule is [N-]=[N+]=NCCc1cc2c(F)cccn2c1-c1ccccn1. The minimum atomic E-state index is -0.287. The van der Waals surface area contributed by atoms with Gasteiger partial charge < -0.3 is 4.40 Å². The predicted octanol–water partition coefficient (Wildman–Crippen LogP) is 3.99. The van der Waals surface area contributed by atoms with Gasteiger partial charge in [0.05, 0.1) is 16.9 Å². The van der Waals surface area contributed by atoms with Crippen LogP contribution in [0.25, 0.3) is 27.3 Å². The number of hydrogen-bond donors (Lipinski definition) is 0. The third-order valence-corrected chi connectivity index (χ3v) is 3.29. The van der Waals surface area contributed by atoms with Crippen LogP contribution >= 0.6 is 0 Å². The molecule has 3 aromatic rings. The number of rotatable bonds is 4. The van der Waals surface area contributed by atoms with Crippen molar-refractivity contribution in [3.63, 3.8) is 0 Å². The lowest BCUT2D eigenvalue weighted by molar-refractivity contribution is 0.633. The first-order valence-electron chi connectivity index (χ1n) is 6.52. The van der Waals surface area contributed by atoms with E-state index < -0.39 is 0 Å². The van der Waals surface area contributed by atoms with Crippen LogP contribution in [0.1, 0.15) is 5.56 Å². The third kappa shape index (κ3) is 2.44. The summed E-state index contributed by atoms with van der Waals surface area (Å²) in [5.74, 6) is -0.287. The maximum absolute atomic E-state index is 14.0. The molecule has 3 aromatic heterocycles. The van der Waals surface area contributed by atoms with Gasteiger partial charge in [0.1, 0.15) is 5.82 Å². The van der Waals surface area contributed by atoms with Crippen molar-refractivity contribution in [1.82, 2.24) is 9.38 Å². The maximum atomic E-state index is 14.0. The van der Waals surface area contributed by atoms with E-state index in [2.05, 4.69) is 15.0 Å². The number of halogens is 1. The normalized spacial score (nSPS) is 10.5. The van der Waals surface area contributed by atoms with Crippen LogP contribution in [0, 0.1) is 5.82 Å². The number of fused-ring (bicyclic) bond motifs is 1. The Morgan fingerprint density at radius 2 is 2.19 bits per heavy atom. The molecule has 0 saturated heterocycles. The number of aromatic nitrogens is 2. The van der Waals surface area contributed by atoms with Gasteiger partial charge in [0, 0.05) is 23.9 Å². The molecule has 0 bridgehead atoms. The summed E-state index contributed by atoms with van der Waals surface area (Å²) >= 11 is 0. The summed E-state index contributed by atoms with van der Waals surface area (Å²) in [6.07, 6.45) is 4.04. The molecule has 3 heterocycles. The summed E-state index contributed by atoms with van der Waals surface area (Å²) in [4.78, 5) is 7.10. The lowest BCUT2D eigenvalue weighted by Crippen LogP contribution is -1.95. The molecule has 0 fully saturated rings. The number of pyridine rings is 2. The Kier molecular flexibility index (Phi) is 3.53. The second kappa shape index (κ2) is 5.64. The molecular weight excluding hydrogens is 269 g/mol. The predicted molar refractivity (Wildman–Crippen MR) is 78.3 cm³/mol. The molecule has 21 heavy (non-hydrogen) atoms. The van der Waals surface area contributed by atoms with E-state index in [1.165, 1.54) is 6.07 Å². The van der Waals surface area contributed by atoms with Gasteiger partial charge in [-0.2, -0.15) is 0 Å². The fourth-order valence-corrected chi connectivity index (χ4v) is 2.41. The zero-order chi connectivity index (χ0) is 14.7. The van der Waals surface area contributed by atoms with E-state index in [0.29, 0.717) is 18.5 Å². The summed E-state index contributed by atoms with van der Waals surface area (Å²) in [7, 11) is 0. The average molecular weight is 281 g/mol. The molecule has 0 radical (unpaired) electrons. The molecule has 3 rings (SSSR count). The fraction of sp³-hybridized carbons (Fsp3) is 0.133. The summed E-state index contributed by atoms with van der Waals surface area (Å²) in [6.45, 7) is 0.328. The smallest absolute Gasteiger partial charge is 0.147 e. The molecule has 0 aromatic carbocycles. The van der Waals surface area contributed by atoms with Crippen molar-refractivity contribution < 1.29 is 4.39 Å². The largest absolute Gasteiger partial charge is 0.312 e. The molecular formula is C15H12FN5. The van der Waals surface area contributed by atoms with Crippen molar-refractivity contribution in [3.05, 3.63) is 70.6 Å². The molecule has 0 spiro atoms. The number of hydrogen-bond acceptors (Lipinski definition) is 2. The molecule has 5 nitrogen and oxygen atoms in total. The van der Waals surface area contributed by atoms with Crippen LogP contribution in [0.4, 0.5) is 4.39 Å². The number of nitrogens with zero attached hydrogens (tertiary/aromatic N) is 5. The van der Waals surface area contributed by atoms with Crippen molar-refractivity contribution in [3.8, 4) is 11.4 Å². The zero-order valence-electron chi connectivity index (χ0n) is 11.1. The Labute approximate surface area is 120 Å². The molecule has 0 aliphatic carbocycles. The molecule has 0 saturated carbocycles. The standard InChI is InChI=1S/C15H12FN5/c16-12-4-3-9-21-14(12)10-11(6-8-19-20-17)15(21)13-5-1-2-7-18-13/h1-5,7,9-10H,6,8H2. The second-order valence-corrected chi connectivity index (χ2v) is 4.55. The van der Waals surface area contributed by atoms with Gasteiger partial charge in [-0.15, -0.1) is 0 Å². The molecule has 0 amide bonds. The Bertz CT molecular complexity index is 819. The van der Waals surface area contributed by atoms with Crippen LogP contribution < -0.4 is 0 Å². The van der Waals surface area contributed by atoms with Gasteiger partial charge in [0.25, 0.3) is 0 Å². The molecule has 104 valence electrons. The zero-order valence-corrected chi connectivity index (χ0v) is 11.1. The molecule has 0 aliphatic rings. The summed E-state index contributed by atoms with van der Waals surface area (Å²) in [5, 5.41) is 3.55. The van der Waals surface area contributed by atoms with Crippen LogP contribution in [-0.4, -0.2) is 15.9 Å². The van der Waals surface area contributed by atoms with Crippen molar-refractivity contribution in [1.29, 1.82) is 0 Å². The summed E-state index contributed by atoms with van der Waals surface area (Å²) in [6, 6.07) is 10.5. The van der Waals surface area contributed by atoms with E-state index in [1.807, 2.05) is 18.2 Å². The minimum absolute atomic E-state index is 0.287. The van der Waals surface area contributed by atoms with Gasteiger partial charge in [-0.25, -0.2) is 4.39 Å². The maximum Gasteiger partial charge on any atom is 0.147 e. The lowest BCUT2D eigenvalue weighted by atomic mass is 10.1. The van der Waals surface area contributed by atoms with Gasteiger partial charge in [-0.1, -0.05) is 11.2 Å². The van der Waals surface area contributed by atoms with Crippen molar-refractivity contribution in [2.75, 3.05) is 6.54 Å². The second-order valence-electron chi connectivity index (χ2n) is 4.55. The quantitative estimate of drug-likeness (QED) is 0.405. The highest BCUT2D eigenvalue weighted by molar-refractivity contribution is 5.69. The van der Waals surface area contributed by atoms with E-state index >= 15 is 0 Å². The van der Waals surface area contributed by atoms with Crippen LogP contribution in [0.15, 0.2) is 53.9 Å². The Morgan fingerprint density at radius 1 is 1.29 bits per heavy atom. The molecule has 0 aliphatic heterocycles. The highest BCUT2D eigenvalue weighted by Gasteiger charge is 2.14. The van der Waals surface area contributed by atoms with E-state index in [9.17, 15) is 4.39 Å². The summed E-state index contributed by atoms with van der Waals surface area (Å²) < 4.78 is 15.7. The van der Waals surface area contributed by atoms with E-state index in [-0.39, 0.29) is 5.82 Å². The first-order valence-corrected chi connectivity index (χ1v) is 6.52. The van der Waals surface area contributed by atoms with Crippen molar-refractivity contribution in [2.24, 2.45) is 5.11 Å². The van der Waals surface area contributed by atoms with E-state index in [4.69, 9.17) is 5.53 Å². The van der Waals surface area contributed by atoms with E-state index in [1.54, 1.807) is 28.9 Å². The average Bonchev–Trinajstić information content (AvgIpc) is 2.88. The molecule has 0 unspecified atom stereocenters. The lowest BCUT2D eigenvalue weighted by Gasteiger charge is -2.05. The minimum Gasteiger partial charge on any atom is -0.312 e. The van der Waals surface area contributed by atoms with Gasteiger partial charge in [0.15, 0.2) is 0 Å².